The van der Waals surface area contributed by atoms with Crippen molar-refractivity contribution in [3.05, 3.63) is 33.8 Å². The van der Waals surface area contributed by atoms with Crippen LogP contribution in [0.3, 0.4) is 0 Å². The first-order chi connectivity index (χ1) is 8.16. The molecule has 0 aromatic heterocycles. The van der Waals surface area contributed by atoms with Gasteiger partial charge in [-0.15, -0.1) is 0 Å². The summed E-state index contributed by atoms with van der Waals surface area (Å²) < 4.78 is 10.6. The van der Waals surface area contributed by atoms with E-state index in [1.807, 2.05) is 0 Å². The highest BCUT2D eigenvalue weighted by Gasteiger charge is 2.18. The second-order valence-corrected chi connectivity index (χ2v) is 4.66. The SMILES string of the molecule is O=C(COC1CCOC1)c1ccc(Cl)c(Cl)c1. The van der Waals surface area contributed by atoms with Gasteiger partial charge >= 0.3 is 0 Å². The van der Waals surface area contributed by atoms with Crippen LogP contribution < -0.4 is 0 Å². The molecule has 1 unspecified atom stereocenters. The van der Waals surface area contributed by atoms with Crippen LogP contribution in [0.4, 0.5) is 0 Å². The van der Waals surface area contributed by atoms with Crippen molar-refractivity contribution in [3.63, 3.8) is 0 Å². The molecule has 0 saturated carbocycles. The summed E-state index contributed by atoms with van der Waals surface area (Å²) in [4.78, 5) is 11.8. The van der Waals surface area contributed by atoms with Crippen LogP contribution in [0, 0.1) is 0 Å². The van der Waals surface area contributed by atoms with Gasteiger partial charge in [0.1, 0.15) is 6.61 Å². The summed E-state index contributed by atoms with van der Waals surface area (Å²) in [5.74, 6) is -0.101. The van der Waals surface area contributed by atoms with Crippen molar-refractivity contribution in [2.75, 3.05) is 19.8 Å². The molecule has 17 heavy (non-hydrogen) atoms. The zero-order valence-electron chi connectivity index (χ0n) is 9.12. The summed E-state index contributed by atoms with van der Waals surface area (Å²) in [7, 11) is 0. The number of ether oxygens (including phenoxy) is 2. The maximum atomic E-state index is 11.8. The van der Waals surface area contributed by atoms with Crippen LogP contribution in [-0.2, 0) is 9.47 Å². The normalized spacial score (nSPS) is 19.5. The molecule has 0 bridgehead atoms. The monoisotopic (exact) mass is 274 g/mol. The molecule has 3 nitrogen and oxygen atoms in total. The van der Waals surface area contributed by atoms with Gasteiger partial charge in [0, 0.05) is 12.2 Å². The Hall–Kier alpha value is -0.610. The zero-order chi connectivity index (χ0) is 12.3. The molecule has 5 heteroatoms. The summed E-state index contributed by atoms with van der Waals surface area (Å²) >= 11 is 11.6. The number of Topliss-reactive ketones (excluding diaryl/α,β-unsaturated/α-hetero) is 1. The Balaban J connectivity index is 1.92. The number of benzene rings is 1. The zero-order valence-corrected chi connectivity index (χ0v) is 10.6. The van der Waals surface area contributed by atoms with Crippen LogP contribution in [0.5, 0.6) is 0 Å². The summed E-state index contributed by atoms with van der Waals surface area (Å²) in [5, 5.41) is 0.815. The van der Waals surface area contributed by atoms with Crippen LogP contribution in [0.25, 0.3) is 0 Å². The molecule has 1 fully saturated rings. The highest BCUT2D eigenvalue weighted by Crippen LogP contribution is 2.23. The Bertz CT molecular complexity index is 414. The van der Waals surface area contributed by atoms with E-state index in [2.05, 4.69) is 0 Å². The van der Waals surface area contributed by atoms with Gasteiger partial charge in [0.15, 0.2) is 5.78 Å². The molecule has 1 aromatic rings. The Morgan fingerprint density at radius 1 is 1.41 bits per heavy atom. The van der Waals surface area contributed by atoms with Crippen molar-refractivity contribution in [1.82, 2.24) is 0 Å². The molecule has 2 rings (SSSR count). The smallest absolute Gasteiger partial charge is 0.188 e. The molecule has 92 valence electrons. The number of ketones is 1. The number of rotatable bonds is 4. The van der Waals surface area contributed by atoms with E-state index < -0.39 is 0 Å². The number of carbonyl (C=O) groups is 1. The number of hydrogen-bond acceptors (Lipinski definition) is 3. The molecule has 0 radical (unpaired) electrons. The minimum Gasteiger partial charge on any atom is -0.379 e. The fraction of sp³-hybridized carbons (Fsp3) is 0.417. The van der Waals surface area contributed by atoms with Crippen molar-refractivity contribution < 1.29 is 14.3 Å². The molecule has 1 heterocycles. The summed E-state index contributed by atoms with van der Waals surface area (Å²) in [6, 6.07) is 4.81. The van der Waals surface area contributed by atoms with Gasteiger partial charge in [0.05, 0.1) is 22.8 Å². The minimum absolute atomic E-state index is 0.0294. The highest BCUT2D eigenvalue weighted by molar-refractivity contribution is 6.42. The highest BCUT2D eigenvalue weighted by atomic mass is 35.5. The Morgan fingerprint density at radius 3 is 2.88 bits per heavy atom. The fourth-order valence-electron chi connectivity index (χ4n) is 1.59. The van der Waals surface area contributed by atoms with Crippen LogP contribution in [0.1, 0.15) is 16.8 Å². The van der Waals surface area contributed by atoms with E-state index in [0.29, 0.717) is 28.8 Å². The van der Waals surface area contributed by atoms with Crippen molar-refractivity contribution in [2.24, 2.45) is 0 Å². The van der Waals surface area contributed by atoms with Gasteiger partial charge in [-0.3, -0.25) is 4.79 Å². The third kappa shape index (κ3) is 3.42. The summed E-state index contributed by atoms with van der Waals surface area (Å²) in [6.07, 6.45) is 0.871. The predicted octanol–water partition coefficient (Wildman–Crippen LogP) is 2.98. The summed E-state index contributed by atoms with van der Waals surface area (Å²) in [5.41, 5.74) is 0.512. The topological polar surface area (TPSA) is 35.5 Å². The van der Waals surface area contributed by atoms with E-state index in [9.17, 15) is 4.79 Å². The van der Waals surface area contributed by atoms with E-state index in [1.165, 1.54) is 0 Å². The third-order valence-corrected chi connectivity index (χ3v) is 3.32. The van der Waals surface area contributed by atoms with Crippen LogP contribution in [0.15, 0.2) is 18.2 Å². The maximum Gasteiger partial charge on any atom is 0.188 e. The number of carbonyl (C=O) groups excluding carboxylic acids is 1. The molecule has 0 N–H and O–H groups in total. The lowest BCUT2D eigenvalue weighted by molar-refractivity contribution is 0.0390. The Kier molecular flexibility index (Phi) is 4.40. The Morgan fingerprint density at radius 2 is 2.24 bits per heavy atom. The van der Waals surface area contributed by atoms with Crippen LogP contribution in [0.2, 0.25) is 10.0 Å². The maximum absolute atomic E-state index is 11.8. The van der Waals surface area contributed by atoms with Crippen LogP contribution in [-0.4, -0.2) is 31.7 Å². The predicted molar refractivity (Wildman–Crippen MR) is 66.0 cm³/mol. The van der Waals surface area contributed by atoms with Crippen LogP contribution >= 0.6 is 23.2 Å². The lowest BCUT2D eigenvalue weighted by Crippen LogP contribution is -2.18. The molecule has 0 amide bonds. The first-order valence-corrected chi connectivity index (χ1v) is 6.10. The molecule has 1 aliphatic rings. The van der Waals surface area contributed by atoms with Gasteiger partial charge in [-0.25, -0.2) is 0 Å². The van der Waals surface area contributed by atoms with Crippen molar-refractivity contribution in [2.45, 2.75) is 12.5 Å². The first-order valence-electron chi connectivity index (χ1n) is 5.34. The van der Waals surface area contributed by atoms with Gasteiger partial charge in [-0.2, -0.15) is 0 Å². The van der Waals surface area contributed by atoms with E-state index in [4.69, 9.17) is 32.7 Å². The number of hydrogen-bond donors (Lipinski definition) is 0. The number of halogens is 2. The van der Waals surface area contributed by atoms with Gasteiger partial charge in [-0.1, -0.05) is 23.2 Å². The van der Waals surface area contributed by atoms with Gasteiger partial charge in [0.2, 0.25) is 0 Å². The molecule has 1 saturated heterocycles. The average molecular weight is 275 g/mol. The van der Waals surface area contributed by atoms with Gasteiger partial charge in [0.25, 0.3) is 0 Å². The third-order valence-electron chi connectivity index (χ3n) is 2.58. The van der Waals surface area contributed by atoms with Gasteiger partial charge in [-0.05, 0) is 24.6 Å². The molecular formula is C12H12Cl2O3. The van der Waals surface area contributed by atoms with E-state index in [0.717, 1.165) is 6.42 Å². The van der Waals surface area contributed by atoms with E-state index in [1.54, 1.807) is 18.2 Å². The molecular weight excluding hydrogens is 263 g/mol. The second-order valence-electron chi connectivity index (χ2n) is 3.85. The second kappa shape index (κ2) is 5.83. The largest absolute Gasteiger partial charge is 0.379 e. The molecule has 1 atom stereocenters. The molecule has 1 aliphatic heterocycles. The standard InChI is InChI=1S/C12H12Cl2O3/c13-10-2-1-8(5-11(10)14)12(15)7-17-9-3-4-16-6-9/h1-2,5,9H,3-4,6-7H2. The van der Waals surface area contributed by atoms with Crippen molar-refractivity contribution >= 4 is 29.0 Å². The average Bonchev–Trinajstić information content (AvgIpc) is 2.82. The lowest BCUT2D eigenvalue weighted by Gasteiger charge is -2.09. The molecule has 0 aliphatic carbocycles. The molecule has 0 spiro atoms. The first kappa shape index (κ1) is 12.8. The minimum atomic E-state index is -0.101. The lowest BCUT2D eigenvalue weighted by atomic mass is 10.1. The molecule has 1 aromatic carbocycles. The van der Waals surface area contributed by atoms with Crippen molar-refractivity contribution in [3.8, 4) is 0 Å². The Labute approximate surface area is 110 Å². The summed E-state index contributed by atoms with van der Waals surface area (Å²) in [6.45, 7) is 1.31. The van der Waals surface area contributed by atoms with E-state index in [-0.39, 0.29) is 18.5 Å². The fourth-order valence-corrected chi connectivity index (χ4v) is 1.89. The van der Waals surface area contributed by atoms with Gasteiger partial charge < -0.3 is 9.47 Å². The van der Waals surface area contributed by atoms with E-state index >= 15 is 0 Å². The quantitative estimate of drug-likeness (QED) is 0.792. The van der Waals surface area contributed by atoms with Crippen molar-refractivity contribution in [1.29, 1.82) is 0 Å².